The van der Waals surface area contributed by atoms with Gasteiger partial charge in [0.2, 0.25) is 5.88 Å². The fourth-order valence-electron chi connectivity index (χ4n) is 8.12. The van der Waals surface area contributed by atoms with Crippen molar-refractivity contribution in [3.05, 3.63) is 64.8 Å². The molecule has 11 nitrogen and oxygen atoms in total. The Morgan fingerprint density at radius 2 is 2.00 bits per heavy atom. The van der Waals surface area contributed by atoms with E-state index in [0.717, 1.165) is 19.2 Å². The van der Waals surface area contributed by atoms with Crippen LogP contribution in [0, 0.1) is 18.6 Å². The first kappa shape index (κ1) is 33.9. The van der Waals surface area contributed by atoms with Gasteiger partial charge in [-0.2, -0.15) is 28.2 Å². The number of nitrogens with two attached hydrogens (primary N) is 1. The smallest absolute Gasteiger partial charge is 0.417 e. The van der Waals surface area contributed by atoms with E-state index in [1.165, 1.54) is 25.3 Å². The van der Waals surface area contributed by atoms with Crippen LogP contribution in [0.25, 0.3) is 33.1 Å². The number of nitrogen functional groups attached to an aromatic ring is 1. The van der Waals surface area contributed by atoms with Crippen molar-refractivity contribution >= 4 is 33.4 Å². The Morgan fingerprint density at radius 3 is 2.77 bits per heavy atom. The zero-order valence-corrected chi connectivity index (χ0v) is 28.3. The van der Waals surface area contributed by atoms with Gasteiger partial charge in [-0.15, -0.1) is 0 Å². The number of halogens is 6. The van der Waals surface area contributed by atoms with Gasteiger partial charge in [0.25, 0.3) is 0 Å². The van der Waals surface area contributed by atoms with Crippen LogP contribution >= 0.6 is 0 Å². The van der Waals surface area contributed by atoms with E-state index in [1.807, 2.05) is 0 Å². The first-order chi connectivity index (χ1) is 24.8. The highest BCUT2D eigenvalue weighted by atomic mass is 19.4. The highest BCUT2D eigenvalue weighted by Crippen LogP contribution is 2.48. The molecule has 0 aliphatic carbocycles. The number of rotatable bonds is 6. The predicted octanol–water partition coefficient (Wildman–Crippen LogP) is 6.97. The zero-order chi connectivity index (χ0) is 36.7. The van der Waals surface area contributed by atoms with Gasteiger partial charge in [-0.05, 0) is 69.8 Å². The molecule has 8 rings (SSSR count). The van der Waals surface area contributed by atoms with E-state index in [-0.39, 0.29) is 58.6 Å². The Labute approximate surface area is 292 Å². The van der Waals surface area contributed by atoms with Crippen molar-refractivity contribution in [2.75, 3.05) is 36.9 Å². The van der Waals surface area contributed by atoms with Crippen LogP contribution in [0.2, 0.25) is 0 Å². The fraction of sp³-hybridized carbons (Fsp3) is 0.400. The molecule has 17 heteroatoms. The molecule has 52 heavy (non-hydrogen) atoms. The van der Waals surface area contributed by atoms with Crippen LogP contribution in [0.4, 0.5) is 38.0 Å². The summed E-state index contributed by atoms with van der Waals surface area (Å²) >= 11 is 0. The third kappa shape index (κ3) is 5.35. The molecule has 4 aromatic heterocycles. The Hall–Kier alpha value is -5.19. The van der Waals surface area contributed by atoms with Gasteiger partial charge in [0.05, 0.1) is 47.4 Å². The number of aryl methyl sites for hydroxylation is 1. The monoisotopic (exact) mass is 725 g/mol. The summed E-state index contributed by atoms with van der Waals surface area (Å²) in [6.45, 7) is 5.93. The Kier molecular flexibility index (Phi) is 7.96. The molecule has 272 valence electrons. The summed E-state index contributed by atoms with van der Waals surface area (Å²) in [5.74, 6) is -1.88. The van der Waals surface area contributed by atoms with Crippen LogP contribution in [-0.4, -0.2) is 72.9 Å². The lowest BCUT2D eigenvalue weighted by molar-refractivity contribution is -0.137. The van der Waals surface area contributed by atoms with Crippen LogP contribution in [-0.2, 0) is 6.18 Å². The summed E-state index contributed by atoms with van der Waals surface area (Å²) in [6, 6.07) is 0.981. The number of aromatic nitrogens is 6. The van der Waals surface area contributed by atoms with Crippen LogP contribution in [0.5, 0.6) is 11.9 Å². The summed E-state index contributed by atoms with van der Waals surface area (Å²) in [4.78, 5) is 21.4. The molecule has 1 aromatic carbocycles. The SMILES string of the molecule is Cc1cc2[nH]ncc2c(-c2nc3c4c(nc(OCC56CCCN5C/C(=C/F)C6)nc4c2F)N(C(C)c2cc(F)cnc2N)[C@@H](C)CO3)c1C(F)(F)F. The van der Waals surface area contributed by atoms with Gasteiger partial charge >= 0.3 is 12.2 Å². The number of hydrogen-bond donors (Lipinski definition) is 2. The number of alkyl halides is 3. The van der Waals surface area contributed by atoms with E-state index in [4.69, 9.17) is 20.2 Å². The minimum atomic E-state index is -4.89. The molecule has 0 saturated carbocycles. The van der Waals surface area contributed by atoms with E-state index >= 15 is 4.39 Å². The summed E-state index contributed by atoms with van der Waals surface area (Å²) < 4.78 is 102. The molecule has 2 saturated heterocycles. The molecule has 3 aliphatic heterocycles. The van der Waals surface area contributed by atoms with E-state index < -0.39 is 57.8 Å². The molecule has 2 fully saturated rings. The Morgan fingerprint density at radius 1 is 1.19 bits per heavy atom. The second-order valence-electron chi connectivity index (χ2n) is 13.8. The first-order valence-corrected chi connectivity index (χ1v) is 16.7. The second-order valence-corrected chi connectivity index (χ2v) is 13.8. The summed E-state index contributed by atoms with van der Waals surface area (Å²) in [6.07, 6.45) is -0.118. The van der Waals surface area contributed by atoms with Crippen molar-refractivity contribution in [3.63, 3.8) is 0 Å². The number of H-pyrrole nitrogens is 1. The third-order valence-corrected chi connectivity index (χ3v) is 10.5. The lowest BCUT2D eigenvalue weighted by Crippen LogP contribution is -2.43. The molecule has 7 heterocycles. The molecule has 0 spiro atoms. The summed E-state index contributed by atoms with van der Waals surface area (Å²) in [5.41, 5.74) is 3.98. The predicted molar refractivity (Wildman–Crippen MR) is 179 cm³/mol. The van der Waals surface area contributed by atoms with Gasteiger partial charge in [0, 0.05) is 23.1 Å². The average Bonchev–Trinajstić information content (AvgIpc) is 3.79. The molecule has 3 atom stereocenters. The van der Waals surface area contributed by atoms with Crippen molar-refractivity contribution < 1.29 is 35.8 Å². The molecule has 3 aliphatic rings. The largest absolute Gasteiger partial charge is 0.475 e. The lowest BCUT2D eigenvalue weighted by atomic mass is 9.94. The van der Waals surface area contributed by atoms with Crippen molar-refractivity contribution in [1.29, 1.82) is 0 Å². The minimum absolute atomic E-state index is 0.00803. The highest BCUT2D eigenvalue weighted by molar-refractivity contribution is 6.02. The molecule has 5 aromatic rings. The molecule has 2 unspecified atom stereocenters. The van der Waals surface area contributed by atoms with E-state index in [1.54, 1.807) is 18.7 Å². The molecule has 0 bridgehead atoms. The maximum Gasteiger partial charge on any atom is 0.417 e. The minimum Gasteiger partial charge on any atom is -0.475 e. The zero-order valence-electron chi connectivity index (χ0n) is 28.3. The Balaban J connectivity index is 1.36. The molecule has 0 radical (unpaired) electrons. The second kappa shape index (κ2) is 12.2. The van der Waals surface area contributed by atoms with Crippen molar-refractivity contribution in [1.82, 2.24) is 35.0 Å². The van der Waals surface area contributed by atoms with E-state index in [9.17, 15) is 22.0 Å². The average molecular weight is 726 g/mol. The van der Waals surface area contributed by atoms with Gasteiger partial charge in [-0.3, -0.25) is 10.00 Å². The van der Waals surface area contributed by atoms with Crippen LogP contribution in [0.3, 0.4) is 0 Å². The van der Waals surface area contributed by atoms with Crippen molar-refractivity contribution in [2.24, 2.45) is 0 Å². The van der Waals surface area contributed by atoms with Gasteiger partial charge in [0.1, 0.15) is 47.3 Å². The van der Waals surface area contributed by atoms with Gasteiger partial charge < -0.3 is 20.1 Å². The lowest BCUT2D eigenvalue weighted by Gasteiger charge is -2.35. The van der Waals surface area contributed by atoms with Gasteiger partial charge in [0.15, 0.2) is 5.82 Å². The fourth-order valence-corrected chi connectivity index (χ4v) is 8.12. The van der Waals surface area contributed by atoms with E-state index in [0.29, 0.717) is 36.9 Å². The number of nitrogens with one attached hydrogen (secondary N) is 1. The van der Waals surface area contributed by atoms with Gasteiger partial charge in [-0.25, -0.2) is 23.1 Å². The topological polar surface area (TPSA) is 131 Å². The van der Waals surface area contributed by atoms with Crippen LogP contribution in [0.1, 0.15) is 55.8 Å². The number of nitrogens with zero attached hydrogens (tertiary/aromatic N) is 7. The number of hydrogen-bond acceptors (Lipinski definition) is 10. The molecule has 3 N–H and O–H groups in total. The standard InChI is InChI=1S/C35H33F6N9O2/c1-16-7-23-22(12-44-48-23)24(26(16)35(39,40)41)28-27(38)29-25-31(47-33(46-29)52-15-34-5-4-6-49(34)13-19(9-34)10-36)50(17(2)14-51-32(25)45-28)18(3)21-8-20(37)11-43-30(21)42/h7-8,10-12,17-18H,4-6,9,13-15H2,1-3H3,(H2,42,43)(H,44,48)/b19-10+/t17-,18?,34?/m0/s1. The first-order valence-electron chi connectivity index (χ1n) is 16.7. The highest BCUT2D eigenvalue weighted by Gasteiger charge is 2.47. The number of aromatic amines is 1. The molecular weight excluding hydrogens is 692 g/mol. The molecule has 0 amide bonds. The van der Waals surface area contributed by atoms with Crippen LogP contribution < -0.4 is 20.1 Å². The van der Waals surface area contributed by atoms with E-state index in [2.05, 4.69) is 30.0 Å². The number of fused-ring (bicyclic) bond motifs is 2. The van der Waals surface area contributed by atoms with Gasteiger partial charge in [-0.1, -0.05) is 0 Å². The normalized spacial score (nSPS) is 21.9. The molecular formula is C35H33F6N9O2. The number of pyridine rings is 2. The number of benzene rings is 1. The third-order valence-electron chi connectivity index (χ3n) is 10.5. The summed E-state index contributed by atoms with van der Waals surface area (Å²) in [7, 11) is 0. The Bertz CT molecular complexity index is 2280. The quantitative estimate of drug-likeness (QED) is 0.177. The number of ether oxygens (including phenoxy) is 2. The number of anilines is 2. The van der Waals surface area contributed by atoms with Crippen LogP contribution in [0.15, 0.2) is 36.4 Å². The maximum absolute atomic E-state index is 17.2. The maximum atomic E-state index is 17.2. The van der Waals surface area contributed by atoms with Crippen molar-refractivity contribution in [3.8, 4) is 23.1 Å². The van der Waals surface area contributed by atoms with Crippen molar-refractivity contribution in [2.45, 2.75) is 63.8 Å². The summed E-state index contributed by atoms with van der Waals surface area (Å²) in [5, 5.41) is 6.55.